The van der Waals surface area contributed by atoms with Crippen LogP contribution in [0.3, 0.4) is 0 Å². The van der Waals surface area contributed by atoms with Crippen LogP contribution < -0.4 is 5.32 Å². The van der Waals surface area contributed by atoms with Crippen molar-refractivity contribution < 1.29 is 18.4 Å². The molecule has 26 heavy (non-hydrogen) atoms. The molecule has 1 heterocycles. The molecule has 2 atom stereocenters. The van der Waals surface area contributed by atoms with E-state index in [1.165, 1.54) is 17.0 Å². The minimum Gasteiger partial charge on any atom is -0.464 e. The maximum Gasteiger partial charge on any atom is 0.242 e. The van der Waals surface area contributed by atoms with E-state index in [4.69, 9.17) is 4.42 Å². The first kappa shape index (κ1) is 18.2. The van der Waals surface area contributed by atoms with Gasteiger partial charge in [0, 0.05) is 13.0 Å². The fourth-order valence-electron chi connectivity index (χ4n) is 2.92. The lowest BCUT2D eigenvalue weighted by Crippen LogP contribution is -2.38. The third-order valence-corrected chi connectivity index (χ3v) is 4.67. The van der Waals surface area contributed by atoms with Gasteiger partial charge in [-0.25, -0.2) is 4.39 Å². The minimum absolute atomic E-state index is 0.0376. The molecule has 0 radical (unpaired) electrons. The van der Waals surface area contributed by atoms with Crippen molar-refractivity contribution in [1.82, 2.24) is 10.2 Å². The Hall–Kier alpha value is -2.63. The predicted molar refractivity (Wildman–Crippen MR) is 94.8 cm³/mol. The molecule has 1 N–H and O–H groups in total. The molecule has 0 saturated heterocycles. The van der Waals surface area contributed by atoms with Crippen molar-refractivity contribution >= 4 is 11.8 Å². The van der Waals surface area contributed by atoms with Crippen LogP contribution >= 0.6 is 0 Å². The third kappa shape index (κ3) is 4.71. The Morgan fingerprint density at radius 1 is 1.31 bits per heavy atom. The molecule has 0 spiro atoms. The van der Waals surface area contributed by atoms with E-state index in [1.807, 2.05) is 12.1 Å². The molecular formula is C20H23FN2O3. The quantitative estimate of drug-likeness (QED) is 0.828. The fourth-order valence-corrected chi connectivity index (χ4v) is 2.92. The van der Waals surface area contributed by atoms with E-state index in [1.54, 1.807) is 19.2 Å². The first-order chi connectivity index (χ1) is 12.4. The van der Waals surface area contributed by atoms with Gasteiger partial charge < -0.3 is 14.6 Å². The minimum atomic E-state index is -0.385. The third-order valence-electron chi connectivity index (χ3n) is 4.67. The van der Waals surface area contributed by atoms with Gasteiger partial charge in [-0.3, -0.25) is 9.59 Å². The second-order valence-electron chi connectivity index (χ2n) is 6.96. The number of nitrogens with one attached hydrogen (secondary N) is 1. The molecule has 6 heteroatoms. The maximum absolute atomic E-state index is 13.1. The topological polar surface area (TPSA) is 62.6 Å². The van der Waals surface area contributed by atoms with Gasteiger partial charge in [0.25, 0.3) is 0 Å². The molecule has 1 aliphatic carbocycles. The Balaban J connectivity index is 1.43. The first-order valence-corrected chi connectivity index (χ1v) is 8.76. The van der Waals surface area contributed by atoms with Crippen molar-refractivity contribution in [2.75, 3.05) is 13.6 Å². The van der Waals surface area contributed by atoms with Crippen molar-refractivity contribution in [2.24, 2.45) is 5.92 Å². The predicted octanol–water partition coefficient (Wildman–Crippen LogP) is 2.86. The number of furan rings is 1. The number of nitrogens with zero attached hydrogens (tertiary/aromatic N) is 1. The van der Waals surface area contributed by atoms with Crippen LogP contribution in [-0.2, 0) is 22.6 Å². The number of hydrogen-bond acceptors (Lipinski definition) is 3. The zero-order valence-electron chi connectivity index (χ0n) is 15.0. The lowest BCUT2D eigenvalue weighted by molar-refractivity contribution is -0.132. The zero-order valence-corrected chi connectivity index (χ0v) is 15.0. The van der Waals surface area contributed by atoms with Crippen LogP contribution in [0.2, 0.25) is 0 Å². The van der Waals surface area contributed by atoms with Gasteiger partial charge in [-0.05, 0) is 42.2 Å². The van der Waals surface area contributed by atoms with Crippen molar-refractivity contribution in [2.45, 2.75) is 32.2 Å². The molecular weight excluding hydrogens is 335 g/mol. The molecule has 1 fully saturated rings. The molecule has 2 aromatic rings. The van der Waals surface area contributed by atoms with Crippen LogP contribution in [0.15, 0.2) is 40.8 Å². The summed E-state index contributed by atoms with van der Waals surface area (Å²) in [6, 6.07) is 9.73. The molecule has 1 aromatic carbocycles. The lowest BCUT2D eigenvalue weighted by Gasteiger charge is -2.16. The maximum atomic E-state index is 13.1. The van der Waals surface area contributed by atoms with E-state index < -0.39 is 0 Å². The molecule has 0 aliphatic heterocycles. The smallest absolute Gasteiger partial charge is 0.242 e. The monoisotopic (exact) mass is 358 g/mol. The summed E-state index contributed by atoms with van der Waals surface area (Å²) < 4.78 is 18.9. The summed E-state index contributed by atoms with van der Waals surface area (Å²) in [6.45, 7) is 2.45. The van der Waals surface area contributed by atoms with Crippen LogP contribution in [0.5, 0.6) is 0 Å². The summed E-state index contributed by atoms with van der Waals surface area (Å²) in [5.41, 5.74) is 0.570. The van der Waals surface area contributed by atoms with Crippen LogP contribution in [0.25, 0.3) is 0 Å². The highest BCUT2D eigenvalue weighted by Gasteiger charge is 2.36. The summed E-state index contributed by atoms with van der Waals surface area (Å²) in [5, 5.41) is 2.57. The van der Waals surface area contributed by atoms with Gasteiger partial charge in [0.1, 0.15) is 17.3 Å². The normalized spacial score (nSPS) is 18.4. The lowest BCUT2D eigenvalue weighted by atomic mass is 10.1. The largest absolute Gasteiger partial charge is 0.464 e. The Morgan fingerprint density at radius 3 is 2.77 bits per heavy atom. The Labute approximate surface area is 152 Å². The molecule has 5 nitrogen and oxygen atoms in total. The van der Waals surface area contributed by atoms with E-state index in [-0.39, 0.29) is 30.6 Å². The van der Waals surface area contributed by atoms with Crippen LogP contribution in [0.1, 0.15) is 36.3 Å². The highest BCUT2D eigenvalue weighted by atomic mass is 19.1. The number of hydrogen-bond donors (Lipinski definition) is 1. The van der Waals surface area contributed by atoms with E-state index >= 15 is 0 Å². The van der Waals surface area contributed by atoms with E-state index in [9.17, 15) is 14.0 Å². The average molecular weight is 358 g/mol. The highest BCUT2D eigenvalue weighted by Crippen LogP contribution is 2.47. The number of carbonyl (C=O) groups is 2. The van der Waals surface area contributed by atoms with Crippen molar-refractivity contribution in [3.05, 3.63) is 59.3 Å². The Bertz CT molecular complexity index is 802. The SMILES string of the molecule is C[C@H]1C[C@H]1c1ccc(CN(C)C(=O)CNC(=O)Cc2cccc(F)c2)o1. The standard InChI is InChI=1S/C20H23FN2O3/c1-13-8-17(13)18-7-6-16(26-18)12-23(2)20(25)11-22-19(24)10-14-4-3-5-15(21)9-14/h3-7,9,13,17H,8,10-12H2,1-2H3,(H,22,24)/t13-,17+/m0/s1. The van der Waals surface area contributed by atoms with Gasteiger partial charge in [-0.2, -0.15) is 0 Å². The fraction of sp³-hybridized carbons (Fsp3) is 0.400. The van der Waals surface area contributed by atoms with Gasteiger partial charge in [0.15, 0.2) is 0 Å². The Kier molecular flexibility index (Phi) is 5.40. The summed E-state index contributed by atoms with van der Waals surface area (Å²) >= 11 is 0. The van der Waals surface area contributed by atoms with Gasteiger partial charge in [-0.1, -0.05) is 19.1 Å². The number of rotatable bonds is 7. The molecule has 3 rings (SSSR count). The summed E-state index contributed by atoms with van der Waals surface area (Å²) in [7, 11) is 1.67. The van der Waals surface area contributed by atoms with Crippen molar-refractivity contribution in [1.29, 1.82) is 0 Å². The molecule has 138 valence electrons. The van der Waals surface area contributed by atoms with E-state index in [2.05, 4.69) is 12.2 Å². The summed E-state index contributed by atoms with van der Waals surface area (Å²) in [5.74, 6) is 1.98. The van der Waals surface area contributed by atoms with Gasteiger partial charge in [0.2, 0.25) is 11.8 Å². The molecule has 1 aromatic heterocycles. The number of benzene rings is 1. The summed E-state index contributed by atoms with van der Waals surface area (Å²) in [6.07, 6.45) is 1.19. The molecule has 0 bridgehead atoms. The summed E-state index contributed by atoms with van der Waals surface area (Å²) in [4.78, 5) is 25.6. The second-order valence-corrected chi connectivity index (χ2v) is 6.96. The number of likely N-dealkylation sites (N-methyl/N-ethyl adjacent to an activating group) is 1. The number of halogens is 1. The number of amides is 2. The zero-order chi connectivity index (χ0) is 18.7. The molecule has 1 aliphatic rings. The van der Waals surface area contributed by atoms with Crippen molar-refractivity contribution in [3.63, 3.8) is 0 Å². The molecule has 0 unspecified atom stereocenters. The van der Waals surface area contributed by atoms with E-state index in [0.29, 0.717) is 23.9 Å². The highest BCUT2D eigenvalue weighted by molar-refractivity contribution is 5.85. The van der Waals surface area contributed by atoms with Crippen LogP contribution in [0, 0.1) is 11.7 Å². The van der Waals surface area contributed by atoms with E-state index in [0.717, 1.165) is 17.9 Å². The van der Waals surface area contributed by atoms with Gasteiger partial charge in [0.05, 0.1) is 19.5 Å². The van der Waals surface area contributed by atoms with Gasteiger partial charge in [-0.15, -0.1) is 0 Å². The van der Waals surface area contributed by atoms with Crippen LogP contribution in [0.4, 0.5) is 4.39 Å². The second kappa shape index (κ2) is 7.72. The first-order valence-electron chi connectivity index (χ1n) is 8.76. The van der Waals surface area contributed by atoms with Crippen molar-refractivity contribution in [3.8, 4) is 0 Å². The average Bonchev–Trinajstić information content (AvgIpc) is 3.14. The molecule has 1 saturated carbocycles. The number of carbonyl (C=O) groups excluding carboxylic acids is 2. The van der Waals surface area contributed by atoms with Crippen LogP contribution in [-0.4, -0.2) is 30.3 Å². The van der Waals surface area contributed by atoms with Gasteiger partial charge >= 0.3 is 0 Å². The molecule has 2 amide bonds. The Morgan fingerprint density at radius 2 is 2.08 bits per heavy atom.